The predicted molar refractivity (Wildman–Crippen MR) is 62.3 cm³/mol. The van der Waals surface area contributed by atoms with Crippen molar-refractivity contribution in [3.8, 4) is 11.3 Å². The summed E-state index contributed by atoms with van der Waals surface area (Å²) >= 11 is 1.47. The van der Waals surface area contributed by atoms with Gasteiger partial charge in [0, 0.05) is 10.9 Å². The summed E-state index contributed by atoms with van der Waals surface area (Å²) in [5, 5.41) is 2.58. The summed E-state index contributed by atoms with van der Waals surface area (Å²) in [7, 11) is 0. The molecule has 0 spiro atoms. The number of nitrogens with two attached hydrogens (primary N) is 1. The van der Waals surface area contributed by atoms with Gasteiger partial charge in [-0.05, 0) is 0 Å². The molecule has 2 rings (SSSR count). The summed E-state index contributed by atoms with van der Waals surface area (Å²) < 4.78 is 0. The number of thiazole rings is 1. The molecule has 0 saturated heterocycles. The molecule has 68 valence electrons. The van der Waals surface area contributed by atoms with Crippen LogP contribution in [0.2, 0.25) is 0 Å². The zero-order valence-corrected chi connectivity index (χ0v) is 9.33. The molecule has 0 amide bonds. The molecule has 0 unspecified atom stereocenters. The number of nitrogen functional groups attached to an aromatic ring is 1. The lowest BCUT2D eigenvalue weighted by atomic mass is 10.2. The summed E-state index contributed by atoms with van der Waals surface area (Å²) in [4.78, 5) is 4.18. The van der Waals surface area contributed by atoms with Gasteiger partial charge in [0.1, 0.15) is 0 Å². The molecule has 0 aliphatic rings. The number of rotatable bonds is 1. The first-order valence-corrected chi connectivity index (χ1v) is 4.50. The molecule has 4 heteroatoms. The fourth-order valence-corrected chi connectivity index (χ4v) is 1.60. The average molecular weight is 257 g/mol. The Morgan fingerprint density at radius 3 is 2.38 bits per heavy atom. The van der Waals surface area contributed by atoms with Gasteiger partial charge in [0.25, 0.3) is 0 Å². The molecule has 13 heavy (non-hydrogen) atoms. The smallest absolute Gasteiger partial charge is 0.180 e. The molecule has 2 N–H and O–H groups in total. The van der Waals surface area contributed by atoms with Crippen LogP contribution in [0.1, 0.15) is 0 Å². The Morgan fingerprint density at radius 2 is 1.85 bits per heavy atom. The second-order valence-corrected chi connectivity index (χ2v) is 3.33. The molecule has 2 nitrogen and oxygen atoms in total. The first-order valence-electron chi connectivity index (χ1n) is 3.63. The normalized spacial score (nSPS) is 9.23. The van der Waals surface area contributed by atoms with Crippen LogP contribution >= 0.6 is 28.3 Å². The topological polar surface area (TPSA) is 38.9 Å². The van der Waals surface area contributed by atoms with Crippen LogP contribution in [0.4, 0.5) is 5.13 Å². The quantitative estimate of drug-likeness (QED) is 0.852. The zero-order valence-electron chi connectivity index (χ0n) is 6.81. The number of benzene rings is 1. The molecule has 1 heterocycles. The average Bonchev–Trinajstić information content (AvgIpc) is 2.54. The highest BCUT2D eigenvalue weighted by atomic mass is 79.9. The number of hydrogen-bond donors (Lipinski definition) is 1. The third-order valence-electron chi connectivity index (χ3n) is 1.59. The van der Waals surface area contributed by atoms with E-state index in [0.717, 1.165) is 11.3 Å². The number of aromatic nitrogens is 1. The summed E-state index contributed by atoms with van der Waals surface area (Å²) in [5.41, 5.74) is 7.60. The van der Waals surface area contributed by atoms with E-state index in [0.29, 0.717) is 5.13 Å². The van der Waals surface area contributed by atoms with Crippen LogP contribution in [0.25, 0.3) is 11.3 Å². The summed E-state index contributed by atoms with van der Waals surface area (Å²) in [6.45, 7) is 0. The molecular weight excluding hydrogens is 248 g/mol. The van der Waals surface area contributed by atoms with Crippen molar-refractivity contribution in [3.63, 3.8) is 0 Å². The van der Waals surface area contributed by atoms with E-state index in [1.165, 1.54) is 11.3 Å². The van der Waals surface area contributed by atoms with Gasteiger partial charge in [0.2, 0.25) is 0 Å². The van der Waals surface area contributed by atoms with E-state index >= 15 is 0 Å². The van der Waals surface area contributed by atoms with Crippen molar-refractivity contribution in [2.45, 2.75) is 0 Å². The lowest BCUT2D eigenvalue weighted by Gasteiger charge is -1.92. The molecule has 0 fully saturated rings. The summed E-state index contributed by atoms with van der Waals surface area (Å²) in [6, 6.07) is 10.0. The minimum Gasteiger partial charge on any atom is -0.375 e. The van der Waals surface area contributed by atoms with Crippen LogP contribution in [0.15, 0.2) is 35.7 Å². The molecule has 0 atom stereocenters. The highest BCUT2D eigenvalue weighted by Crippen LogP contribution is 2.22. The van der Waals surface area contributed by atoms with Crippen molar-refractivity contribution in [1.82, 2.24) is 4.98 Å². The maximum absolute atomic E-state index is 5.52. The largest absolute Gasteiger partial charge is 0.375 e. The number of halogens is 1. The second-order valence-electron chi connectivity index (χ2n) is 2.44. The Hall–Kier alpha value is -0.870. The van der Waals surface area contributed by atoms with Gasteiger partial charge in [-0.2, -0.15) is 0 Å². The molecular formula is C9H9BrN2S. The van der Waals surface area contributed by atoms with Crippen LogP contribution < -0.4 is 5.73 Å². The Morgan fingerprint density at radius 1 is 1.15 bits per heavy atom. The van der Waals surface area contributed by atoms with E-state index < -0.39 is 0 Å². The second kappa shape index (κ2) is 4.39. The van der Waals surface area contributed by atoms with Crippen molar-refractivity contribution in [3.05, 3.63) is 35.7 Å². The van der Waals surface area contributed by atoms with E-state index in [1.807, 2.05) is 35.7 Å². The lowest BCUT2D eigenvalue weighted by molar-refractivity contribution is 1.41. The van der Waals surface area contributed by atoms with Crippen LogP contribution in [-0.4, -0.2) is 4.98 Å². The summed E-state index contributed by atoms with van der Waals surface area (Å²) in [5.74, 6) is 0. The Bertz CT molecular complexity index is 372. The van der Waals surface area contributed by atoms with Gasteiger partial charge in [-0.15, -0.1) is 28.3 Å². The molecule has 1 aromatic heterocycles. The van der Waals surface area contributed by atoms with E-state index in [4.69, 9.17) is 5.73 Å². The first-order chi connectivity index (χ1) is 5.86. The standard InChI is InChI=1S/C9H8N2S.BrH/c10-9-11-8(6-12-9)7-4-2-1-3-5-7;/h1-6H,(H2,10,11);1H. The van der Waals surface area contributed by atoms with Gasteiger partial charge >= 0.3 is 0 Å². The highest BCUT2D eigenvalue weighted by molar-refractivity contribution is 8.93. The van der Waals surface area contributed by atoms with Gasteiger partial charge < -0.3 is 5.73 Å². The number of hydrogen-bond acceptors (Lipinski definition) is 3. The van der Waals surface area contributed by atoms with E-state index in [1.54, 1.807) is 0 Å². The monoisotopic (exact) mass is 256 g/mol. The van der Waals surface area contributed by atoms with E-state index in [2.05, 4.69) is 4.98 Å². The molecule has 0 radical (unpaired) electrons. The molecule has 0 saturated carbocycles. The fourth-order valence-electron chi connectivity index (χ4n) is 1.03. The lowest BCUT2D eigenvalue weighted by Crippen LogP contribution is -1.82. The van der Waals surface area contributed by atoms with Gasteiger partial charge in [-0.1, -0.05) is 30.3 Å². The van der Waals surface area contributed by atoms with Crippen molar-refractivity contribution >= 4 is 33.4 Å². The highest BCUT2D eigenvalue weighted by Gasteiger charge is 1.99. The zero-order chi connectivity index (χ0) is 8.39. The predicted octanol–water partition coefficient (Wildman–Crippen LogP) is 2.97. The van der Waals surface area contributed by atoms with Crippen molar-refractivity contribution in [1.29, 1.82) is 0 Å². The summed E-state index contributed by atoms with van der Waals surface area (Å²) in [6.07, 6.45) is 0. The van der Waals surface area contributed by atoms with Gasteiger partial charge in [-0.3, -0.25) is 0 Å². The molecule has 2 aromatic rings. The number of anilines is 1. The molecule has 1 aromatic carbocycles. The van der Waals surface area contributed by atoms with Crippen molar-refractivity contribution < 1.29 is 0 Å². The third kappa shape index (κ3) is 2.29. The maximum Gasteiger partial charge on any atom is 0.180 e. The van der Waals surface area contributed by atoms with Crippen LogP contribution in [0.3, 0.4) is 0 Å². The van der Waals surface area contributed by atoms with Crippen molar-refractivity contribution in [2.24, 2.45) is 0 Å². The van der Waals surface area contributed by atoms with Gasteiger partial charge in [0.05, 0.1) is 5.69 Å². The number of nitrogens with zero attached hydrogens (tertiary/aromatic N) is 1. The van der Waals surface area contributed by atoms with Crippen LogP contribution in [0, 0.1) is 0 Å². The third-order valence-corrected chi connectivity index (χ3v) is 2.27. The molecule has 0 aliphatic carbocycles. The van der Waals surface area contributed by atoms with E-state index in [9.17, 15) is 0 Å². The Kier molecular flexibility index (Phi) is 3.45. The SMILES string of the molecule is Br.Nc1nc(-c2ccccc2)cs1. The Balaban J connectivity index is 0.000000845. The van der Waals surface area contributed by atoms with Gasteiger partial charge in [-0.25, -0.2) is 4.98 Å². The maximum atomic E-state index is 5.52. The molecule has 0 bridgehead atoms. The van der Waals surface area contributed by atoms with Crippen LogP contribution in [-0.2, 0) is 0 Å². The molecule has 0 aliphatic heterocycles. The van der Waals surface area contributed by atoms with Gasteiger partial charge in [0.15, 0.2) is 5.13 Å². The van der Waals surface area contributed by atoms with E-state index in [-0.39, 0.29) is 17.0 Å². The van der Waals surface area contributed by atoms with Crippen LogP contribution in [0.5, 0.6) is 0 Å². The first kappa shape index (κ1) is 10.2. The van der Waals surface area contributed by atoms with Crippen molar-refractivity contribution in [2.75, 3.05) is 5.73 Å². The Labute approximate surface area is 91.2 Å². The fraction of sp³-hybridized carbons (Fsp3) is 0. The minimum absolute atomic E-state index is 0. The minimum atomic E-state index is 0.